The molecule has 1 saturated carbocycles. The summed E-state index contributed by atoms with van der Waals surface area (Å²) >= 11 is 0. The Morgan fingerprint density at radius 1 is 1.12 bits per heavy atom. The van der Waals surface area contributed by atoms with Gasteiger partial charge in [0.25, 0.3) is 5.91 Å². The summed E-state index contributed by atoms with van der Waals surface area (Å²) in [6.45, 7) is 0.355. The van der Waals surface area contributed by atoms with Crippen LogP contribution in [0.25, 0.3) is 0 Å². The molecule has 0 unspecified atom stereocenters. The zero-order valence-electron chi connectivity index (χ0n) is 13.7. The first-order valence-corrected chi connectivity index (χ1v) is 8.51. The minimum atomic E-state index is -0.301. The van der Waals surface area contributed by atoms with Crippen molar-refractivity contribution in [2.75, 3.05) is 13.4 Å². The molecule has 1 aliphatic heterocycles. The van der Waals surface area contributed by atoms with E-state index in [1.165, 1.54) is 19.3 Å². The Balaban J connectivity index is 1.35. The van der Waals surface area contributed by atoms with Crippen LogP contribution in [0.15, 0.2) is 18.2 Å². The molecule has 1 fully saturated rings. The van der Waals surface area contributed by atoms with Crippen molar-refractivity contribution < 1.29 is 23.8 Å². The van der Waals surface area contributed by atoms with Gasteiger partial charge in [-0.1, -0.05) is 25.3 Å². The van der Waals surface area contributed by atoms with Crippen LogP contribution in [0.5, 0.6) is 11.5 Å². The molecular formula is C18H23NO5. The van der Waals surface area contributed by atoms with E-state index >= 15 is 0 Å². The van der Waals surface area contributed by atoms with E-state index in [9.17, 15) is 9.59 Å². The fourth-order valence-electron chi connectivity index (χ4n) is 3.13. The average molecular weight is 333 g/mol. The van der Waals surface area contributed by atoms with Gasteiger partial charge in [0, 0.05) is 13.0 Å². The molecule has 1 aliphatic carbocycles. The molecule has 2 aliphatic rings. The standard InChI is InChI=1S/C18H23NO5/c20-17(11-22-18(21)9-13-4-2-1-3-5-13)19-10-14-6-7-15-16(8-14)24-12-23-15/h6-8,13H,1-5,9-12H2,(H,19,20). The van der Waals surface area contributed by atoms with Crippen molar-refractivity contribution in [3.63, 3.8) is 0 Å². The molecule has 0 atom stereocenters. The maximum absolute atomic E-state index is 11.8. The third-order valence-electron chi connectivity index (χ3n) is 4.47. The molecule has 1 aromatic carbocycles. The number of amides is 1. The number of hydrogen-bond acceptors (Lipinski definition) is 5. The summed E-state index contributed by atoms with van der Waals surface area (Å²) in [4.78, 5) is 23.6. The Kier molecular flexibility index (Phi) is 5.56. The molecule has 0 saturated heterocycles. The summed E-state index contributed by atoms with van der Waals surface area (Å²) in [5, 5.41) is 2.74. The number of esters is 1. The highest BCUT2D eigenvalue weighted by Crippen LogP contribution is 2.32. The largest absolute Gasteiger partial charge is 0.456 e. The van der Waals surface area contributed by atoms with E-state index in [0.29, 0.717) is 30.4 Å². The smallest absolute Gasteiger partial charge is 0.306 e. The van der Waals surface area contributed by atoms with Crippen molar-refractivity contribution >= 4 is 11.9 Å². The number of hydrogen-bond donors (Lipinski definition) is 1. The van der Waals surface area contributed by atoms with Crippen LogP contribution >= 0.6 is 0 Å². The number of carbonyl (C=O) groups excluding carboxylic acids is 2. The predicted octanol–water partition coefficient (Wildman–Crippen LogP) is 2.55. The second kappa shape index (κ2) is 8.04. The molecule has 6 nitrogen and oxygen atoms in total. The number of ether oxygens (including phenoxy) is 3. The molecule has 0 bridgehead atoms. The molecule has 130 valence electrons. The third-order valence-corrected chi connectivity index (χ3v) is 4.47. The van der Waals surface area contributed by atoms with E-state index in [2.05, 4.69) is 5.32 Å². The molecule has 1 amide bonds. The van der Waals surface area contributed by atoms with E-state index < -0.39 is 0 Å². The van der Waals surface area contributed by atoms with Crippen LogP contribution in [0, 0.1) is 5.92 Å². The summed E-state index contributed by atoms with van der Waals surface area (Å²) < 4.78 is 15.6. The van der Waals surface area contributed by atoms with Gasteiger partial charge in [0.1, 0.15) is 0 Å². The average Bonchev–Trinajstić information content (AvgIpc) is 3.07. The molecule has 3 rings (SSSR count). The lowest BCUT2D eigenvalue weighted by Crippen LogP contribution is -2.28. The third kappa shape index (κ3) is 4.63. The molecule has 1 heterocycles. The van der Waals surface area contributed by atoms with Crippen molar-refractivity contribution in [3.05, 3.63) is 23.8 Å². The number of carbonyl (C=O) groups is 2. The van der Waals surface area contributed by atoms with E-state index in [0.717, 1.165) is 18.4 Å². The van der Waals surface area contributed by atoms with Gasteiger partial charge in [-0.3, -0.25) is 9.59 Å². The van der Waals surface area contributed by atoms with Gasteiger partial charge in [-0.15, -0.1) is 0 Å². The van der Waals surface area contributed by atoms with Crippen LogP contribution in [0.4, 0.5) is 0 Å². The summed E-state index contributed by atoms with van der Waals surface area (Å²) in [6, 6.07) is 5.51. The quantitative estimate of drug-likeness (QED) is 0.810. The van der Waals surface area contributed by atoms with Crippen LogP contribution < -0.4 is 14.8 Å². The lowest BCUT2D eigenvalue weighted by atomic mass is 9.87. The Labute approximate surface area is 141 Å². The van der Waals surface area contributed by atoms with Gasteiger partial charge in [-0.25, -0.2) is 0 Å². The van der Waals surface area contributed by atoms with Crippen LogP contribution in [-0.4, -0.2) is 25.3 Å². The summed E-state index contributed by atoms with van der Waals surface area (Å²) in [6.07, 6.45) is 6.24. The summed E-state index contributed by atoms with van der Waals surface area (Å²) in [7, 11) is 0. The van der Waals surface area contributed by atoms with Gasteiger partial charge in [-0.05, 0) is 36.5 Å². The number of rotatable bonds is 6. The second-order valence-electron chi connectivity index (χ2n) is 6.33. The molecule has 0 radical (unpaired) electrons. The van der Waals surface area contributed by atoms with E-state index in [1.54, 1.807) is 0 Å². The van der Waals surface area contributed by atoms with Crippen molar-refractivity contribution in [2.24, 2.45) is 5.92 Å². The molecule has 24 heavy (non-hydrogen) atoms. The van der Waals surface area contributed by atoms with Crippen molar-refractivity contribution in [2.45, 2.75) is 45.1 Å². The highest BCUT2D eigenvalue weighted by Gasteiger charge is 2.18. The van der Waals surface area contributed by atoms with Gasteiger partial charge in [0.2, 0.25) is 6.79 Å². The Morgan fingerprint density at radius 2 is 1.92 bits per heavy atom. The highest BCUT2D eigenvalue weighted by atomic mass is 16.7. The van der Waals surface area contributed by atoms with Crippen LogP contribution in [-0.2, 0) is 20.9 Å². The fraction of sp³-hybridized carbons (Fsp3) is 0.556. The molecule has 6 heteroatoms. The molecule has 1 N–H and O–H groups in total. The topological polar surface area (TPSA) is 73.9 Å². The van der Waals surface area contributed by atoms with Crippen molar-refractivity contribution in [1.82, 2.24) is 5.32 Å². The maximum Gasteiger partial charge on any atom is 0.306 e. The normalized spacial score (nSPS) is 16.7. The van der Waals surface area contributed by atoms with E-state index in [1.807, 2.05) is 18.2 Å². The highest BCUT2D eigenvalue weighted by molar-refractivity contribution is 5.80. The first kappa shape index (κ1) is 16.6. The van der Waals surface area contributed by atoms with Crippen LogP contribution in [0.1, 0.15) is 44.1 Å². The van der Waals surface area contributed by atoms with Crippen molar-refractivity contribution in [1.29, 1.82) is 0 Å². The zero-order chi connectivity index (χ0) is 16.8. The number of nitrogens with one attached hydrogen (secondary N) is 1. The monoisotopic (exact) mass is 333 g/mol. The Bertz CT molecular complexity index is 595. The summed E-state index contributed by atoms with van der Waals surface area (Å²) in [5.74, 6) is 1.23. The fourth-order valence-corrected chi connectivity index (χ4v) is 3.13. The zero-order valence-corrected chi connectivity index (χ0v) is 13.7. The van der Waals surface area contributed by atoms with Crippen LogP contribution in [0.2, 0.25) is 0 Å². The first-order chi connectivity index (χ1) is 11.7. The first-order valence-electron chi connectivity index (χ1n) is 8.51. The molecular weight excluding hydrogens is 310 g/mol. The SMILES string of the molecule is O=C(COC(=O)CC1CCCCC1)NCc1ccc2c(c1)OCO2. The molecule has 0 spiro atoms. The van der Waals surface area contributed by atoms with Gasteiger partial charge in [-0.2, -0.15) is 0 Å². The maximum atomic E-state index is 11.8. The van der Waals surface area contributed by atoms with E-state index in [4.69, 9.17) is 14.2 Å². The van der Waals surface area contributed by atoms with Crippen LogP contribution in [0.3, 0.4) is 0 Å². The summed E-state index contributed by atoms with van der Waals surface area (Å²) in [5.41, 5.74) is 0.904. The molecule has 1 aromatic rings. The van der Waals surface area contributed by atoms with Gasteiger partial charge in [0.05, 0.1) is 0 Å². The predicted molar refractivity (Wildman–Crippen MR) is 86.6 cm³/mol. The molecule has 0 aromatic heterocycles. The lowest BCUT2D eigenvalue weighted by Gasteiger charge is -2.20. The van der Waals surface area contributed by atoms with Crippen molar-refractivity contribution in [3.8, 4) is 11.5 Å². The second-order valence-corrected chi connectivity index (χ2v) is 6.33. The van der Waals surface area contributed by atoms with E-state index in [-0.39, 0.29) is 25.3 Å². The van der Waals surface area contributed by atoms with Gasteiger partial charge < -0.3 is 19.5 Å². The number of fused-ring (bicyclic) bond motifs is 1. The Morgan fingerprint density at radius 3 is 2.75 bits per heavy atom. The lowest BCUT2D eigenvalue weighted by molar-refractivity contribution is -0.149. The van der Waals surface area contributed by atoms with Gasteiger partial charge in [0.15, 0.2) is 18.1 Å². The van der Waals surface area contributed by atoms with Gasteiger partial charge >= 0.3 is 5.97 Å². The number of benzene rings is 1. The minimum absolute atomic E-state index is 0.224. The Hall–Kier alpha value is -2.24. The minimum Gasteiger partial charge on any atom is -0.456 e.